The molecule has 0 bridgehead atoms. The van der Waals surface area contributed by atoms with Crippen LogP contribution in [-0.2, 0) is 0 Å². The third-order valence-corrected chi connectivity index (χ3v) is 2.99. The summed E-state index contributed by atoms with van der Waals surface area (Å²) in [5, 5.41) is 3.91. The summed E-state index contributed by atoms with van der Waals surface area (Å²) in [6.07, 6.45) is 5.34. The average molecular weight is 213 g/mol. The van der Waals surface area contributed by atoms with Crippen molar-refractivity contribution < 1.29 is 4.52 Å². The maximum atomic E-state index is 5.92. The smallest absolute Gasteiger partial charge is 0.229 e. The fourth-order valence-electron chi connectivity index (χ4n) is 1.27. The first-order valence-corrected chi connectivity index (χ1v) is 6.28. The molecule has 1 saturated carbocycles. The van der Waals surface area contributed by atoms with Crippen LogP contribution in [0.15, 0.2) is 4.52 Å². The molecule has 1 aliphatic carbocycles. The quantitative estimate of drug-likeness (QED) is 0.806. The van der Waals surface area contributed by atoms with E-state index in [1.165, 1.54) is 12.8 Å². The largest absolute Gasteiger partial charge is 0.339 e. The van der Waals surface area contributed by atoms with Crippen LogP contribution in [0.4, 0.5) is 0 Å². The zero-order chi connectivity index (χ0) is 9.97. The van der Waals surface area contributed by atoms with Gasteiger partial charge in [-0.05, 0) is 31.3 Å². The number of hydrogen-bond donors (Lipinski definition) is 1. The van der Waals surface area contributed by atoms with Crippen molar-refractivity contribution in [3.63, 3.8) is 0 Å². The second-order valence-electron chi connectivity index (χ2n) is 3.65. The lowest BCUT2D eigenvalue weighted by Crippen LogP contribution is -2.12. The molecule has 2 N–H and O–H groups in total. The molecule has 1 aromatic rings. The van der Waals surface area contributed by atoms with Gasteiger partial charge in [0.1, 0.15) is 0 Å². The Morgan fingerprint density at radius 2 is 2.43 bits per heavy atom. The van der Waals surface area contributed by atoms with Gasteiger partial charge in [-0.3, -0.25) is 0 Å². The third kappa shape index (κ3) is 2.27. The summed E-state index contributed by atoms with van der Waals surface area (Å²) in [4.78, 5) is 4.31. The maximum absolute atomic E-state index is 5.92. The summed E-state index contributed by atoms with van der Waals surface area (Å²) in [5.74, 6) is 3.00. The number of thioether (sulfide) groups is 1. The molecule has 1 unspecified atom stereocenters. The van der Waals surface area contributed by atoms with Crippen molar-refractivity contribution in [2.45, 2.75) is 31.2 Å². The SMILES string of the molecule is CSCCC(N)c1noc(C2CC2)n1. The molecule has 1 atom stereocenters. The Morgan fingerprint density at radius 1 is 1.64 bits per heavy atom. The van der Waals surface area contributed by atoms with Gasteiger partial charge in [-0.2, -0.15) is 16.7 Å². The number of hydrogen-bond acceptors (Lipinski definition) is 5. The average Bonchev–Trinajstić information content (AvgIpc) is 2.93. The van der Waals surface area contributed by atoms with Crippen LogP contribution < -0.4 is 5.73 Å². The van der Waals surface area contributed by atoms with Crippen molar-refractivity contribution in [3.05, 3.63) is 11.7 Å². The van der Waals surface area contributed by atoms with Gasteiger partial charge < -0.3 is 10.3 Å². The zero-order valence-corrected chi connectivity index (χ0v) is 9.09. The van der Waals surface area contributed by atoms with Crippen LogP contribution in [0.3, 0.4) is 0 Å². The van der Waals surface area contributed by atoms with E-state index in [1.807, 2.05) is 0 Å². The van der Waals surface area contributed by atoms with E-state index in [1.54, 1.807) is 11.8 Å². The van der Waals surface area contributed by atoms with Crippen LogP contribution in [0.5, 0.6) is 0 Å². The van der Waals surface area contributed by atoms with Crippen LogP contribution in [-0.4, -0.2) is 22.1 Å². The summed E-state index contributed by atoms with van der Waals surface area (Å²) < 4.78 is 5.14. The Bertz CT molecular complexity index is 298. The van der Waals surface area contributed by atoms with Crippen molar-refractivity contribution in [2.75, 3.05) is 12.0 Å². The van der Waals surface area contributed by atoms with Crippen molar-refractivity contribution in [1.82, 2.24) is 10.1 Å². The van der Waals surface area contributed by atoms with Gasteiger partial charge in [-0.1, -0.05) is 5.16 Å². The second-order valence-corrected chi connectivity index (χ2v) is 4.64. The van der Waals surface area contributed by atoms with Crippen molar-refractivity contribution in [2.24, 2.45) is 5.73 Å². The molecule has 0 aliphatic heterocycles. The lowest BCUT2D eigenvalue weighted by atomic mass is 10.2. The van der Waals surface area contributed by atoms with E-state index in [-0.39, 0.29) is 6.04 Å². The Balaban J connectivity index is 1.93. The minimum Gasteiger partial charge on any atom is -0.339 e. The molecular formula is C9H15N3OS. The molecule has 14 heavy (non-hydrogen) atoms. The highest BCUT2D eigenvalue weighted by molar-refractivity contribution is 7.98. The molecule has 1 aliphatic rings. The van der Waals surface area contributed by atoms with Crippen molar-refractivity contribution in [1.29, 1.82) is 0 Å². The van der Waals surface area contributed by atoms with Crippen molar-refractivity contribution >= 4 is 11.8 Å². The van der Waals surface area contributed by atoms with Crippen LogP contribution in [0.25, 0.3) is 0 Å². The maximum Gasteiger partial charge on any atom is 0.229 e. The molecule has 0 saturated heterocycles. The van der Waals surface area contributed by atoms with E-state index >= 15 is 0 Å². The Hall–Kier alpha value is -0.550. The monoisotopic (exact) mass is 213 g/mol. The highest BCUT2D eigenvalue weighted by Crippen LogP contribution is 2.39. The van der Waals surface area contributed by atoms with Gasteiger partial charge in [0.15, 0.2) is 5.82 Å². The summed E-state index contributed by atoms with van der Waals surface area (Å²) >= 11 is 1.78. The highest BCUT2D eigenvalue weighted by Gasteiger charge is 2.30. The van der Waals surface area contributed by atoms with Gasteiger partial charge in [0.25, 0.3) is 0 Å². The fourth-order valence-corrected chi connectivity index (χ4v) is 1.76. The summed E-state index contributed by atoms with van der Waals surface area (Å²) in [6.45, 7) is 0. The molecule has 0 radical (unpaired) electrons. The first-order valence-electron chi connectivity index (χ1n) is 4.89. The highest BCUT2D eigenvalue weighted by atomic mass is 32.2. The standard InChI is InChI=1S/C9H15N3OS/c1-14-5-4-7(10)8-11-9(13-12-8)6-2-3-6/h6-7H,2-5,10H2,1H3. The first kappa shape index (κ1) is 9.98. The second kappa shape index (κ2) is 4.31. The fraction of sp³-hybridized carbons (Fsp3) is 0.778. The number of aromatic nitrogens is 2. The lowest BCUT2D eigenvalue weighted by molar-refractivity contribution is 0.370. The molecule has 2 rings (SSSR count). The Morgan fingerprint density at radius 3 is 3.07 bits per heavy atom. The number of rotatable bonds is 5. The van der Waals surface area contributed by atoms with Gasteiger partial charge in [0.2, 0.25) is 5.89 Å². The lowest BCUT2D eigenvalue weighted by Gasteiger charge is -2.03. The molecule has 0 aromatic carbocycles. The van der Waals surface area contributed by atoms with E-state index in [2.05, 4.69) is 16.4 Å². The molecule has 5 heteroatoms. The Labute approximate surface area is 87.6 Å². The molecule has 78 valence electrons. The summed E-state index contributed by atoms with van der Waals surface area (Å²) in [5.41, 5.74) is 5.92. The predicted octanol–water partition coefficient (Wildman–Crippen LogP) is 1.70. The van der Waals surface area contributed by atoms with E-state index in [0.717, 1.165) is 18.1 Å². The molecule has 1 heterocycles. The Kier molecular flexibility index (Phi) is 3.08. The van der Waals surface area contributed by atoms with E-state index in [4.69, 9.17) is 10.3 Å². The van der Waals surface area contributed by atoms with Gasteiger partial charge in [-0.15, -0.1) is 0 Å². The zero-order valence-electron chi connectivity index (χ0n) is 8.27. The number of nitrogens with zero attached hydrogens (tertiary/aromatic N) is 2. The molecule has 1 fully saturated rings. The molecule has 0 amide bonds. The molecule has 1 aromatic heterocycles. The van der Waals surface area contributed by atoms with E-state index in [0.29, 0.717) is 11.7 Å². The van der Waals surface area contributed by atoms with Gasteiger partial charge in [0, 0.05) is 5.92 Å². The molecular weight excluding hydrogens is 198 g/mol. The topological polar surface area (TPSA) is 64.9 Å². The minimum absolute atomic E-state index is 0.0706. The summed E-state index contributed by atoms with van der Waals surface area (Å²) in [7, 11) is 0. The van der Waals surface area contributed by atoms with Gasteiger partial charge in [-0.25, -0.2) is 0 Å². The number of nitrogens with two attached hydrogens (primary N) is 1. The summed E-state index contributed by atoms with van der Waals surface area (Å²) in [6, 6.07) is -0.0706. The van der Waals surface area contributed by atoms with Crippen LogP contribution in [0.1, 0.15) is 42.9 Å². The van der Waals surface area contributed by atoms with Crippen LogP contribution in [0, 0.1) is 0 Å². The van der Waals surface area contributed by atoms with Crippen molar-refractivity contribution in [3.8, 4) is 0 Å². The van der Waals surface area contributed by atoms with Crippen LogP contribution >= 0.6 is 11.8 Å². The normalized spacial score (nSPS) is 18.4. The van der Waals surface area contributed by atoms with E-state index in [9.17, 15) is 0 Å². The van der Waals surface area contributed by atoms with Gasteiger partial charge in [0.05, 0.1) is 6.04 Å². The molecule has 4 nitrogen and oxygen atoms in total. The predicted molar refractivity (Wildman–Crippen MR) is 56.2 cm³/mol. The van der Waals surface area contributed by atoms with Gasteiger partial charge >= 0.3 is 0 Å². The molecule has 0 spiro atoms. The first-order chi connectivity index (χ1) is 6.81. The van der Waals surface area contributed by atoms with Crippen LogP contribution in [0.2, 0.25) is 0 Å². The van der Waals surface area contributed by atoms with E-state index < -0.39 is 0 Å². The minimum atomic E-state index is -0.0706. The third-order valence-electron chi connectivity index (χ3n) is 2.35.